The van der Waals surface area contributed by atoms with Crippen molar-refractivity contribution in [3.05, 3.63) is 64.9 Å². The third kappa shape index (κ3) is 4.02. The monoisotopic (exact) mass is 438 g/mol. The van der Waals surface area contributed by atoms with Crippen LogP contribution in [0.5, 0.6) is 0 Å². The molecule has 0 radical (unpaired) electrons. The van der Waals surface area contributed by atoms with E-state index < -0.39 is 0 Å². The molecule has 1 aromatic heterocycles. The Hall–Kier alpha value is -3.13. The number of halogens is 1. The number of benzene rings is 2. The molecule has 0 N–H and O–H groups in total. The van der Waals surface area contributed by atoms with Gasteiger partial charge in [-0.05, 0) is 37.1 Å². The maximum atomic E-state index is 14.0. The lowest BCUT2D eigenvalue weighted by atomic mass is 10.0. The van der Waals surface area contributed by atoms with E-state index in [0.29, 0.717) is 44.0 Å². The lowest BCUT2D eigenvalue weighted by Crippen LogP contribution is -2.52. The molecule has 0 spiro atoms. The molecule has 8 heteroatoms. The van der Waals surface area contributed by atoms with Gasteiger partial charge in [0.15, 0.2) is 5.58 Å². The molecule has 0 aliphatic carbocycles. The Morgan fingerprint density at radius 3 is 2.38 bits per heavy atom. The van der Waals surface area contributed by atoms with Crippen molar-refractivity contribution in [1.29, 1.82) is 0 Å². The maximum absolute atomic E-state index is 14.0. The molecule has 2 aromatic carbocycles. The average Bonchev–Trinajstić information content (AvgIpc) is 3.16. The van der Waals surface area contributed by atoms with Gasteiger partial charge in [0.25, 0.3) is 0 Å². The molecule has 2 aliphatic heterocycles. The van der Waals surface area contributed by atoms with Crippen LogP contribution < -0.4 is 10.7 Å². The summed E-state index contributed by atoms with van der Waals surface area (Å²) >= 11 is 0. The highest BCUT2D eigenvalue weighted by atomic mass is 19.1. The van der Waals surface area contributed by atoms with Gasteiger partial charge in [-0.15, -0.1) is 0 Å². The molecule has 32 heavy (non-hydrogen) atoms. The summed E-state index contributed by atoms with van der Waals surface area (Å²) < 4.78 is 21.2. The van der Waals surface area contributed by atoms with Crippen molar-refractivity contribution in [2.45, 2.75) is 18.9 Å². The topological polar surface area (TPSA) is 61.9 Å². The minimum absolute atomic E-state index is 0.0850. The maximum Gasteiger partial charge on any atom is 0.420 e. The summed E-state index contributed by atoms with van der Waals surface area (Å²) in [5, 5.41) is 0. The summed E-state index contributed by atoms with van der Waals surface area (Å²) in [6.07, 6.45) is 1.61. The summed E-state index contributed by atoms with van der Waals surface area (Å²) in [6, 6.07) is 14.4. The van der Waals surface area contributed by atoms with Gasteiger partial charge in [0.1, 0.15) is 5.82 Å². The lowest BCUT2D eigenvalue weighted by molar-refractivity contribution is -0.133. The summed E-state index contributed by atoms with van der Waals surface area (Å²) in [7, 11) is 0. The molecule has 1 amide bonds. The highest BCUT2D eigenvalue weighted by molar-refractivity contribution is 5.78. The Labute approximate surface area is 185 Å². The number of anilines is 1. The Balaban J connectivity index is 1.14. The number of carbonyl (C=O) groups excluding carboxylic acids is 1. The Kier molecular flexibility index (Phi) is 5.70. The lowest BCUT2D eigenvalue weighted by Gasteiger charge is -2.38. The van der Waals surface area contributed by atoms with Crippen LogP contribution in [0, 0.1) is 5.82 Å². The van der Waals surface area contributed by atoms with Crippen LogP contribution in [0.2, 0.25) is 0 Å². The first kappa shape index (κ1) is 20.8. The van der Waals surface area contributed by atoms with E-state index >= 15 is 0 Å². The van der Waals surface area contributed by atoms with Gasteiger partial charge in [0.2, 0.25) is 5.91 Å². The van der Waals surface area contributed by atoms with Crippen molar-refractivity contribution in [1.82, 2.24) is 14.4 Å². The van der Waals surface area contributed by atoms with E-state index in [1.807, 2.05) is 40.1 Å². The van der Waals surface area contributed by atoms with Gasteiger partial charge >= 0.3 is 5.76 Å². The van der Waals surface area contributed by atoms with Gasteiger partial charge < -0.3 is 14.2 Å². The minimum Gasteiger partial charge on any atom is -0.408 e. The Morgan fingerprint density at radius 1 is 0.938 bits per heavy atom. The van der Waals surface area contributed by atoms with Crippen LogP contribution >= 0.6 is 0 Å². The van der Waals surface area contributed by atoms with Crippen LogP contribution in [-0.4, -0.2) is 66.1 Å². The Bertz CT molecular complexity index is 1160. The molecule has 3 aromatic rings. The van der Waals surface area contributed by atoms with Crippen LogP contribution in [0.15, 0.2) is 57.7 Å². The van der Waals surface area contributed by atoms with Crippen LogP contribution in [0.3, 0.4) is 0 Å². The summed E-state index contributed by atoms with van der Waals surface area (Å²) in [5.41, 5.74) is 2.05. The number of hydrogen-bond acceptors (Lipinski definition) is 5. The normalized spacial score (nSPS) is 18.4. The van der Waals surface area contributed by atoms with E-state index in [-0.39, 0.29) is 23.5 Å². The fraction of sp³-hybridized carbons (Fsp3) is 0.417. The second-order valence-corrected chi connectivity index (χ2v) is 8.53. The number of hydrogen-bond donors (Lipinski definition) is 0. The third-order valence-electron chi connectivity index (χ3n) is 6.63. The number of nitrogens with zero attached hydrogens (tertiary/aromatic N) is 4. The minimum atomic E-state index is -0.312. The molecule has 3 heterocycles. The van der Waals surface area contributed by atoms with E-state index in [2.05, 4.69) is 4.90 Å². The number of fused-ring (bicyclic) bond motifs is 1. The van der Waals surface area contributed by atoms with Crippen molar-refractivity contribution < 1.29 is 13.6 Å². The number of piperidine rings is 1. The highest BCUT2D eigenvalue weighted by Crippen LogP contribution is 2.26. The van der Waals surface area contributed by atoms with E-state index in [0.717, 1.165) is 31.4 Å². The summed E-state index contributed by atoms with van der Waals surface area (Å²) in [5.74, 6) is -0.421. The van der Waals surface area contributed by atoms with Gasteiger partial charge in [-0.1, -0.05) is 24.3 Å². The van der Waals surface area contributed by atoms with Crippen molar-refractivity contribution in [2.24, 2.45) is 0 Å². The van der Waals surface area contributed by atoms with Gasteiger partial charge in [-0.2, -0.15) is 0 Å². The number of para-hydroxylation sites is 3. The Morgan fingerprint density at radius 2 is 1.62 bits per heavy atom. The SMILES string of the molecule is O=C(CN1CCC(n2c(=O)oc3ccccc32)CC1)N1CCN(c2ccccc2F)CC1. The molecule has 0 saturated carbocycles. The molecule has 2 saturated heterocycles. The molecule has 2 aliphatic rings. The standard InChI is InChI=1S/C24H27FN4O3/c25-19-5-1-2-6-20(19)27-13-15-28(16-14-27)23(30)17-26-11-9-18(10-12-26)29-21-7-3-4-8-22(21)32-24(29)31/h1-8,18H,9-17H2. The number of likely N-dealkylation sites (tertiary alicyclic amines) is 1. The zero-order valence-electron chi connectivity index (χ0n) is 18.0. The largest absolute Gasteiger partial charge is 0.420 e. The predicted octanol–water partition coefficient (Wildman–Crippen LogP) is 2.72. The second-order valence-electron chi connectivity index (χ2n) is 8.53. The fourth-order valence-corrected chi connectivity index (χ4v) is 4.86. The van der Waals surface area contributed by atoms with Gasteiger partial charge in [-0.3, -0.25) is 14.3 Å². The average molecular weight is 439 g/mol. The van der Waals surface area contributed by atoms with Crippen LogP contribution in [-0.2, 0) is 4.79 Å². The van der Waals surface area contributed by atoms with Crippen molar-refractivity contribution in [2.75, 3.05) is 50.7 Å². The third-order valence-corrected chi connectivity index (χ3v) is 6.63. The molecule has 0 bridgehead atoms. The van der Waals surface area contributed by atoms with Crippen LogP contribution in [0.25, 0.3) is 11.1 Å². The molecule has 168 valence electrons. The smallest absolute Gasteiger partial charge is 0.408 e. The highest BCUT2D eigenvalue weighted by Gasteiger charge is 2.28. The van der Waals surface area contributed by atoms with Crippen molar-refractivity contribution in [3.8, 4) is 0 Å². The van der Waals surface area contributed by atoms with Gasteiger partial charge in [0.05, 0.1) is 17.7 Å². The molecule has 7 nitrogen and oxygen atoms in total. The number of amides is 1. The predicted molar refractivity (Wildman–Crippen MR) is 120 cm³/mol. The molecular formula is C24H27FN4O3. The van der Waals surface area contributed by atoms with Crippen molar-refractivity contribution >= 4 is 22.7 Å². The van der Waals surface area contributed by atoms with Crippen molar-refractivity contribution in [3.63, 3.8) is 0 Å². The van der Waals surface area contributed by atoms with Gasteiger partial charge in [-0.25, -0.2) is 9.18 Å². The number of piperazine rings is 1. The molecule has 2 fully saturated rings. The molecule has 5 rings (SSSR count). The zero-order valence-corrected chi connectivity index (χ0v) is 18.0. The number of oxazole rings is 1. The van der Waals surface area contributed by atoms with E-state index in [4.69, 9.17) is 4.42 Å². The molecule has 0 unspecified atom stereocenters. The van der Waals surface area contributed by atoms with E-state index in [1.54, 1.807) is 16.7 Å². The number of aromatic nitrogens is 1. The fourth-order valence-electron chi connectivity index (χ4n) is 4.86. The molecular weight excluding hydrogens is 411 g/mol. The summed E-state index contributed by atoms with van der Waals surface area (Å²) in [4.78, 5) is 31.2. The van der Waals surface area contributed by atoms with Crippen LogP contribution in [0.1, 0.15) is 18.9 Å². The first-order chi connectivity index (χ1) is 15.6. The molecule has 0 atom stereocenters. The second kappa shape index (κ2) is 8.78. The first-order valence-electron chi connectivity index (χ1n) is 11.2. The van der Waals surface area contributed by atoms with E-state index in [9.17, 15) is 14.0 Å². The quantitative estimate of drug-likeness (QED) is 0.627. The van der Waals surface area contributed by atoms with Gasteiger partial charge in [0, 0.05) is 45.3 Å². The van der Waals surface area contributed by atoms with Crippen LogP contribution in [0.4, 0.5) is 10.1 Å². The number of carbonyl (C=O) groups is 1. The number of rotatable bonds is 4. The zero-order chi connectivity index (χ0) is 22.1. The summed E-state index contributed by atoms with van der Waals surface area (Å²) in [6.45, 7) is 4.36. The first-order valence-corrected chi connectivity index (χ1v) is 11.2. The van der Waals surface area contributed by atoms with E-state index in [1.165, 1.54) is 6.07 Å².